The quantitative estimate of drug-likeness (QED) is 0.783. The van der Waals surface area contributed by atoms with Crippen LogP contribution in [0.5, 0.6) is 0 Å². The fraction of sp³-hybridized carbons (Fsp3) is 1.00. The lowest BCUT2D eigenvalue weighted by Gasteiger charge is -2.34. The molecule has 0 aromatic carbocycles. The first-order chi connectivity index (χ1) is 7.96. The van der Waals surface area contributed by atoms with E-state index in [0.717, 1.165) is 32.4 Å². The predicted octanol–water partition coefficient (Wildman–Crippen LogP) is 1.21. The molecule has 1 rings (SSSR count). The Balaban J connectivity index is 2.71. The van der Waals surface area contributed by atoms with E-state index in [9.17, 15) is 8.42 Å². The van der Waals surface area contributed by atoms with E-state index in [4.69, 9.17) is 4.74 Å². The van der Waals surface area contributed by atoms with Crippen molar-refractivity contribution < 1.29 is 13.2 Å². The van der Waals surface area contributed by atoms with Gasteiger partial charge in [0, 0.05) is 18.9 Å². The van der Waals surface area contributed by atoms with Gasteiger partial charge in [0.1, 0.15) is 0 Å². The van der Waals surface area contributed by atoms with Crippen molar-refractivity contribution in [2.24, 2.45) is 5.92 Å². The molecule has 1 N–H and O–H groups in total. The van der Waals surface area contributed by atoms with Crippen molar-refractivity contribution in [3.63, 3.8) is 0 Å². The van der Waals surface area contributed by atoms with E-state index in [2.05, 4.69) is 12.2 Å². The van der Waals surface area contributed by atoms with Gasteiger partial charge in [-0.15, -0.1) is 0 Å². The molecule has 0 bridgehead atoms. The van der Waals surface area contributed by atoms with Gasteiger partial charge in [0.2, 0.25) is 0 Å². The van der Waals surface area contributed by atoms with E-state index in [0.29, 0.717) is 12.5 Å². The smallest absolute Gasteiger partial charge is 0.151 e. The normalized spacial score (nSPS) is 25.5. The summed E-state index contributed by atoms with van der Waals surface area (Å²) in [6.07, 6.45) is 4.43. The number of hydrogen-bond donors (Lipinski definition) is 1. The number of rotatable bonds is 6. The van der Waals surface area contributed by atoms with Crippen molar-refractivity contribution >= 4 is 9.84 Å². The molecule has 3 unspecified atom stereocenters. The largest absolute Gasteiger partial charge is 0.381 e. The van der Waals surface area contributed by atoms with Gasteiger partial charge in [0.15, 0.2) is 9.84 Å². The lowest BCUT2D eigenvalue weighted by atomic mass is 9.91. The van der Waals surface area contributed by atoms with Crippen LogP contribution >= 0.6 is 0 Å². The van der Waals surface area contributed by atoms with E-state index in [1.54, 1.807) is 6.92 Å². The van der Waals surface area contributed by atoms with Gasteiger partial charge in [-0.2, -0.15) is 0 Å². The monoisotopic (exact) mass is 263 g/mol. The molecule has 3 atom stereocenters. The van der Waals surface area contributed by atoms with Crippen LogP contribution in [0.2, 0.25) is 0 Å². The first-order valence-electron chi connectivity index (χ1n) is 6.46. The summed E-state index contributed by atoms with van der Waals surface area (Å²) in [7, 11) is -3.00. The van der Waals surface area contributed by atoms with E-state index in [-0.39, 0.29) is 11.3 Å². The Hall–Kier alpha value is -0.130. The lowest BCUT2D eigenvalue weighted by molar-refractivity contribution is 0.0392. The van der Waals surface area contributed by atoms with Crippen LogP contribution in [0.1, 0.15) is 33.1 Å². The van der Waals surface area contributed by atoms with Gasteiger partial charge < -0.3 is 10.1 Å². The zero-order valence-electron chi connectivity index (χ0n) is 11.1. The van der Waals surface area contributed by atoms with E-state index < -0.39 is 9.84 Å². The molecule has 0 radical (unpaired) electrons. The third kappa shape index (κ3) is 4.56. The highest BCUT2D eigenvalue weighted by Crippen LogP contribution is 2.22. The van der Waals surface area contributed by atoms with Gasteiger partial charge in [-0.3, -0.25) is 0 Å². The number of nitrogens with one attached hydrogen (secondary N) is 1. The fourth-order valence-corrected chi connectivity index (χ4v) is 3.19. The maximum atomic E-state index is 11.7. The summed E-state index contributed by atoms with van der Waals surface area (Å²) in [5.74, 6) is 0.319. The molecule has 4 nitrogen and oxygen atoms in total. The van der Waals surface area contributed by atoms with E-state index >= 15 is 0 Å². The lowest BCUT2D eigenvalue weighted by Crippen LogP contribution is -2.49. The van der Waals surface area contributed by atoms with Crippen LogP contribution in [-0.2, 0) is 14.6 Å². The van der Waals surface area contributed by atoms with Crippen LogP contribution in [0.4, 0.5) is 0 Å². The Labute approximate surface area is 105 Å². The van der Waals surface area contributed by atoms with Crippen molar-refractivity contribution in [1.29, 1.82) is 0 Å². The second kappa shape index (κ2) is 6.71. The molecule has 1 aliphatic heterocycles. The second-order valence-electron chi connectivity index (χ2n) is 4.99. The van der Waals surface area contributed by atoms with E-state index in [1.165, 1.54) is 6.26 Å². The summed E-state index contributed by atoms with van der Waals surface area (Å²) < 4.78 is 28.9. The molecule has 1 saturated heterocycles. The SMILES string of the molecule is CCCNC(C1CCCOC1)C(C)S(C)(=O)=O. The highest BCUT2D eigenvalue weighted by molar-refractivity contribution is 7.91. The predicted molar refractivity (Wildman–Crippen MR) is 69.9 cm³/mol. The van der Waals surface area contributed by atoms with Crippen LogP contribution < -0.4 is 5.32 Å². The van der Waals surface area contributed by atoms with Gasteiger partial charge in [0.05, 0.1) is 11.9 Å². The summed E-state index contributed by atoms with van der Waals surface area (Å²) in [4.78, 5) is 0. The molecule has 1 aliphatic rings. The Kier molecular flexibility index (Phi) is 5.89. The van der Waals surface area contributed by atoms with E-state index in [1.807, 2.05) is 0 Å². The van der Waals surface area contributed by atoms with Crippen LogP contribution in [0.15, 0.2) is 0 Å². The molecule has 17 heavy (non-hydrogen) atoms. The number of hydrogen-bond acceptors (Lipinski definition) is 4. The van der Waals surface area contributed by atoms with Gasteiger partial charge >= 0.3 is 0 Å². The van der Waals surface area contributed by atoms with Crippen molar-refractivity contribution in [3.05, 3.63) is 0 Å². The zero-order chi connectivity index (χ0) is 12.9. The van der Waals surface area contributed by atoms with Crippen LogP contribution in [0.25, 0.3) is 0 Å². The molecular weight excluding hydrogens is 238 g/mol. The summed E-state index contributed by atoms with van der Waals surface area (Å²) in [5, 5.41) is 3.04. The van der Waals surface area contributed by atoms with Gasteiger partial charge in [0.25, 0.3) is 0 Å². The first-order valence-corrected chi connectivity index (χ1v) is 8.42. The second-order valence-corrected chi connectivity index (χ2v) is 7.39. The molecule has 0 amide bonds. The molecule has 0 spiro atoms. The Bertz CT molecular complexity index is 310. The minimum absolute atomic E-state index is 0.0187. The molecule has 1 fully saturated rings. The maximum absolute atomic E-state index is 11.7. The standard InChI is InChI=1S/C12H25NO3S/c1-4-7-13-12(10(2)17(3,14)15)11-6-5-8-16-9-11/h10-13H,4-9H2,1-3H3. The van der Waals surface area contributed by atoms with Gasteiger partial charge in [-0.25, -0.2) is 8.42 Å². The summed E-state index contributed by atoms with van der Waals surface area (Å²) in [6.45, 7) is 6.25. The minimum Gasteiger partial charge on any atom is -0.381 e. The van der Waals surface area contributed by atoms with Crippen molar-refractivity contribution in [1.82, 2.24) is 5.32 Å². The van der Waals surface area contributed by atoms with Crippen molar-refractivity contribution in [3.8, 4) is 0 Å². The minimum atomic E-state index is -3.00. The molecule has 0 aromatic heterocycles. The molecule has 0 saturated carbocycles. The molecule has 5 heteroatoms. The fourth-order valence-electron chi connectivity index (χ4n) is 2.34. The van der Waals surface area contributed by atoms with Crippen LogP contribution in [-0.4, -0.2) is 45.7 Å². The van der Waals surface area contributed by atoms with Crippen molar-refractivity contribution in [2.45, 2.75) is 44.4 Å². The Morgan fingerprint density at radius 1 is 1.47 bits per heavy atom. The highest BCUT2D eigenvalue weighted by Gasteiger charge is 2.33. The molecule has 102 valence electrons. The number of sulfone groups is 1. The Morgan fingerprint density at radius 2 is 2.18 bits per heavy atom. The third-order valence-electron chi connectivity index (χ3n) is 3.51. The average Bonchev–Trinajstić information content (AvgIpc) is 2.29. The van der Waals surface area contributed by atoms with Crippen molar-refractivity contribution in [2.75, 3.05) is 26.0 Å². The van der Waals surface area contributed by atoms with Gasteiger partial charge in [-0.05, 0) is 38.6 Å². The summed E-state index contributed by atoms with van der Waals surface area (Å²) >= 11 is 0. The highest BCUT2D eigenvalue weighted by atomic mass is 32.2. The van der Waals surface area contributed by atoms with Crippen LogP contribution in [0.3, 0.4) is 0 Å². The summed E-state index contributed by atoms with van der Waals surface area (Å²) in [5.41, 5.74) is 0. The molecule has 1 heterocycles. The summed E-state index contributed by atoms with van der Waals surface area (Å²) in [6, 6.07) is 0.0187. The van der Waals surface area contributed by atoms with Crippen LogP contribution in [0, 0.1) is 5.92 Å². The molecule has 0 aliphatic carbocycles. The molecular formula is C12H25NO3S. The zero-order valence-corrected chi connectivity index (χ0v) is 11.9. The molecule has 0 aromatic rings. The van der Waals surface area contributed by atoms with Gasteiger partial charge in [-0.1, -0.05) is 6.92 Å². The maximum Gasteiger partial charge on any atom is 0.151 e. The first kappa shape index (κ1) is 14.9. The number of ether oxygens (including phenoxy) is 1. The Morgan fingerprint density at radius 3 is 2.65 bits per heavy atom. The average molecular weight is 263 g/mol. The third-order valence-corrected chi connectivity index (χ3v) is 5.16. The topological polar surface area (TPSA) is 55.4 Å².